The van der Waals surface area contributed by atoms with E-state index in [1.165, 1.54) is 86.2 Å². The van der Waals surface area contributed by atoms with Gasteiger partial charge in [-0.1, -0.05) is 182 Å². The molecule has 0 aliphatic heterocycles. The largest absolute Gasteiger partial charge is 0.309 e. The number of fused-ring (bicyclic) bond motifs is 6. The number of nitrogens with zero attached hydrogens (tertiary/aromatic N) is 1. The van der Waals surface area contributed by atoms with E-state index in [1.54, 1.807) is 0 Å². The minimum Gasteiger partial charge on any atom is -0.309 e. The standard InChI is InChI=1S/C56H37NS/c1-3-15-38(16-4-1)43-22-11-23-44(37-43)39-31-34-45(35-32-39)57(51-29-14-30-52-56(51)55-47-24-8-7-19-41(47)33-36-53(55)58-52)50-28-10-9-25-48(50)49-27-13-21-42-20-12-26-46(54(42)49)40-17-5-2-6-18-40/h1-37H. The topological polar surface area (TPSA) is 3.24 Å². The number of rotatable bonds is 7. The zero-order valence-corrected chi connectivity index (χ0v) is 32.5. The Morgan fingerprint density at radius 1 is 0.293 bits per heavy atom. The second-order valence-electron chi connectivity index (χ2n) is 14.8. The summed E-state index contributed by atoms with van der Waals surface area (Å²) < 4.78 is 2.57. The van der Waals surface area contributed by atoms with Crippen molar-refractivity contribution < 1.29 is 0 Å². The predicted molar refractivity (Wildman–Crippen MR) is 251 cm³/mol. The van der Waals surface area contributed by atoms with Crippen molar-refractivity contribution in [2.75, 3.05) is 4.90 Å². The summed E-state index contributed by atoms with van der Waals surface area (Å²) in [6.45, 7) is 0. The molecule has 11 aromatic rings. The van der Waals surface area contributed by atoms with Gasteiger partial charge in [-0.3, -0.25) is 0 Å². The fourth-order valence-corrected chi connectivity index (χ4v) is 9.94. The third kappa shape index (κ3) is 5.86. The molecule has 0 saturated carbocycles. The van der Waals surface area contributed by atoms with Gasteiger partial charge in [-0.15, -0.1) is 11.3 Å². The Morgan fingerprint density at radius 3 is 1.64 bits per heavy atom. The summed E-state index contributed by atoms with van der Waals surface area (Å²) in [6.07, 6.45) is 0. The third-order valence-electron chi connectivity index (χ3n) is 11.5. The van der Waals surface area contributed by atoms with Gasteiger partial charge in [0.25, 0.3) is 0 Å². The van der Waals surface area contributed by atoms with Gasteiger partial charge >= 0.3 is 0 Å². The highest BCUT2D eigenvalue weighted by Crippen LogP contribution is 2.50. The van der Waals surface area contributed by atoms with Crippen molar-refractivity contribution in [3.63, 3.8) is 0 Å². The van der Waals surface area contributed by atoms with Gasteiger partial charge in [-0.2, -0.15) is 0 Å². The molecule has 0 spiro atoms. The second kappa shape index (κ2) is 14.4. The zero-order chi connectivity index (χ0) is 38.4. The molecule has 11 rings (SSSR count). The average molecular weight is 756 g/mol. The van der Waals surface area contributed by atoms with Crippen molar-refractivity contribution >= 4 is 70.1 Å². The van der Waals surface area contributed by atoms with Crippen LogP contribution in [0.4, 0.5) is 17.1 Å². The SMILES string of the molecule is c1ccc(-c2cccc(-c3ccc(N(c4ccccc4-c4cccc5cccc(-c6ccccc6)c45)c4cccc5sc6ccc7ccccc7c6c45)cc3)c2)cc1. The first kappa shape index (κ1) is 34.0. The first-order valence-corrected chi connectivity index (χ1v) is 20.7. The minimum atomic E-state index is 1.10. The maximum Gasteiger partial charge on any atom is 0.0555 e. The smallest absolute Gasteiger partial charge is 0.0555 e. The molecule has 1 nitrogen and oxygen atoms in total. The second-order valence-corrected chi connectivity index (χ2v) is 15.9. The average Bonchev–Trinajstić information content (AvgIpc) is 3.70. The van der Waals surface area contributed by atoms with E-state index in [0.717, 1.165) is 17.1 Å². The predicted octanol–water partition coefficient (Wildman–Crippen LogP) is 16.5. The molecule has 10 aromatic carbocycles. The van der Waals surface area contributed by atoms with Gasteiger partial charge in [0.15, 0.2) is 0 Å². The van der Waals surface area contributed by atoms with Crippen LogP contribution in [0, 0.1) is 0 Å². The van der Waals surface area contributed by atoms with E-state index >= 15 is 0 Å². The van der Waals surface area contributed by atoms with Crippen molar-refractivity contribution in [2.24, 2.45) is 0 Å². The van der Waals surface area contributed by atoms with E-state index < -0.39 is 0 Å². The van der Waals surface area contributed by atoms with Crippen LogP contribution in [0.5, 0.6) is 0 Å². The first-order valence-electron chi connectivity index (χ1n) is 19.8. The summed E-state index contributed by atoms with van der Waals surface area (Å²) in [5.74, 6) is 0. The van der Waals surface area contributed by atoms with Crippen molar-refractivity contribution in [3.05, 3.63) is 224 Å². The molecule has 272 valence electrons. The molecule has 0 radical (unpaired) electrons. The Hall–Kier alpha value is -7.26. The first-order chi connectivity index (χ1) is 28.8. The lowest BCUT2D eigenvalue weighted by Crippen LogP contribution is -2.11. The van der Waals surface area contributed by atoms with E-state index in [0.29, 0.717) is 0 Å². The molecule has 0 unspecified atom stereocenters. The van der Waals surface area contributed by atoms with Gasteiger partial charge in [0.1, 0.15) is 0 Å². The lowest BCUT2D eigenvalue weighted by Gasteiger charge is -2.29. The molecular formula is C56H37NS. The molecule has 0 aliphatic carbocycles. The Morgan fingerprint density at radius 2 is 0.845 bits per heavy atom. The number of para-hydroxylation sites is 1. The van der Waals surface area contributed by atoms with Crippen LogP contribution in [-0.4, -0.2) is 0 Å². The summed E-state index contributed by atoms with van der Waals surface area (Å²) >= 11 is 1.87. The van der Waals surface area contributed by atoms with Gasteiger partial charge in [0.2, 0.25) is 0 Å². The van der Waals surface area contributed by atoms with Crippen LogP contribution < -0.4 is 4.90 Å². The van der Waals surface area contributed by atoms with Gasteiger partial charge < -0.3 is 4.90 Å². The summed E-state index contributed by atoms with van der Waals surface area (Å²) in [5, 5.41) is 7.59. The maximum atomic E-state index is 2.50. The van der Waals surface area contributed by atoms with Gasteiger partial charge in [0, 0.05) is 31.4 Å². The van der Waals surface area contributed by atoms with E-state index in [1.807, 2.05) is 11.3 Å². The number of hydrogen-bond donors (Lipinski definition) is 0. The molecule has 58 heavy (non-hydrogen) atoms. The molecule has 1 heterocycles. The highest BCUT2D eigenvalue weighted by molar-refractivity contribution is 7.26. The monoisotopic (exact) mass is 755 g/mol. The fraction of sp³-hybridized carbons (Fsp3) is 0. The van der Waals surface area contributed by atoms with E-state index in [9.17, 15) is 0 Å². The molecule has 0 amide bonds. The molecule has 0 fully saturated rings. The number of hydrogen-bond acceptors (Lipinski definition) is 2. The maximum absolute atomic E-state index is 2.50. The number of thiophene rings is 1. The zero-order valence-electron chi connectivity index (χ0n) is 31.7. The molecular weight excluding hydrogens is 719 g/mol. The quantitative estimate of drug-likeness (QED) is 0.157. The minimum absolute atomic E-state index is 1.10. The Bertz CT molecular complexity index is 3270. The van der Waals surface area contributed by atoms with Crippen LogP contribution in [0.2, 0.25) is 0 Å². The van der Waals surface area contributed by atoms with E-state index in [-0.39, 0.29) is 0 Å². The van der Waals surface area contributed by atoms with Crippen LogP contribution in [-0.2, 0) is 0 Å². The highest BCUT2D eigenvalue weighted by Gasteiger charge is 2.23. The van der Waals surface area contributed by atoms with Crippen LogP contribution in [0.25, 0.3) is 86.2 Å². The van der Waals surface area contributed by atoms with Crippen molar-refractivity contribution in [3.8, 4) is 44.5 Å². The van der Waals surface area contributed by atoms with Crippen molar-refractivity contribution in [2.45, 2.75) is 0 Å². The van der Waals surface area contributed by atoms with Gasteiger partial charge in [-0.05, 0) is 103 Å². The lowest BCUT2D eigenvalue weighted by molar-refractivity contribution is 1.30. The van der Waals surface area contributed by atoms with Crippen molar-refractivity contribution in [1.29, 1.82) is 0 Å². The van der Waals surface area contributed by atoms with Crippen LogP contribution >= 0.6 is 11.3 Å². The summed E-state index contributed by atoms with van der Waals surface area (Å²) in [6, 6.07) is 81.9. The van der Waals surface area contributed by atoms with Gasteiger partial charge in [-0.25, -0.2) is 0 Å². The molecule has 0 atom stereocenters. The number of benzene rings is 10. The van der Waals surface area contributed by atoms with E-state index in [4.69, 9.17) is 0 Å². The van der Waals surface area contributed by atoms with Crippen LogP contribution in [0.15, 0.2) is 224 Å². The Labute approximate surface area is 342 Å². The summed E-state index contributed by atoms with van der Waals surface area (Å²) in [5.41, 5.74) is 13.0. The summed E-state index contributed by atoms with van der Waals surface area (Å²) in [4.78, 5) is 2.50. The number of anilines is 3. The van der Waals surface area contributed by atoms with E-state index in [2.05, 4.69) is 229 Å². The van der Waals surface area contributed by atoms with Crippen LogP contribution in [0.3, 0.4) is 0 Å². The fourth-order valence-electron chi connectivity index (χ4n) is 8.80. The normalized spacial score (nSPS) is 11.4. The van der Waals surface area contributed by atoms with Crippen LogP contribution in [0.1, 0.15) is 0 Å². The third-order valence-corrected chi connectivity index (χ3v) is 12.6. The molecule has 0 aliphatic rings. The van der Waals surface area contributed by atoms with Crippen molar-refractivity contribution in [1.82, 2.24) is 0 Å². The molecule has 0 bridgehead atoms. The molecule has 2 heteroatoms. The highest BCUT2D eigenvalue weighted by atomic mass is 32.1. The molecule has 0 saturated heterocycles. The lowest BCUT2D eigenvalue weighted by atomic mass is 9.90. The summed E-state index contributed by atoms with van der Waals surface area (Å²) in [7, 11) is 0. The Balaban J connectivity index is 1.16. The Kier molecular flexibility index (Phi) is 8.42. The molecule has 1 aromatic heterocycles. The molecule has 0 N–H and O–H groups in total. The van der Waals surface area contributed by atoms with Gasteiger partial charge in [0.05, 0.1) is 11.4 Å².